The van der Waals surface area contributed by atoms with Gasteiger partial charge in [0.2, 0.25) is 0 Å². The van der Waals surface area contributed by atoms with Crippen molar-refractivity contribution in [2.24, 2.45) is 11.8 Å². The van der Waals surface area contributed by atoms with Crippen LogP contribution in [0.2, 0.25) is 0 Å². The molecule has 4 rings (SSSR count). The second kappa shape index (κ2) is 7.06. The normalized spacial score (nSPS) is 33.9. The van der Waals surface area contributed by atoms with Gasteiger partial charge in [-0.3, -0.25) is 19.8 Å². The highest BCUT2D eigenvalue weighted by molar-refractivity contribution is 6.66. The Morgan fingerprint density at radius 1 is 1.03 bits per heavy atom. The van der Waals surface area contributed by atoms with Crippen molar-refractivity contribution in [3.8, 4) is 5.75 Å². The minimum absolute atomic E-state index is 0.124. The largest absolute Gasteiger partial charge is 0.493 e. The Hall–Kier alpha value is -0.890. The van der Waals surface area contributed by atoms with Crippen LogP contribution in [-0.2, 0) is 9.59 Å². The number of nitrogens with one attached hydrogen (secondary N) is 1. The number of carbonyl (C=O) groups is 3. The molecule has 0 aromatic heterocycles. The molecule has 1 aromatic rings. The molecule has 0 spiro atoms. The SMILES string of the molecule is CCOc1ccccc1C(=O)NN1C(=O)[C@@H]2[C@@H](C1=O)[C@]1(Cl)C(Cl)=C(Cl)[C@]2(Cl)C1(Cl)Cl. The highest BCUT2D eigenvalue weighted by Gasteiger charge is 2.87. The average molecular weight is 533 g/mol. The number of hydrazine groups is 1. The van der Waals surface area contributed by atoms with E-state index in [4.69, 9.17) is 74.3 Å². The summed E-state index contributed by atoms with van der Waals surface area (Å²) in [5.74, 6) is -4.80. The fraction of sp³-hybridized carbons (Fsp3) is 0.389. The smallest absolute Gasteiger partial charge is 0.274 e. The summed E-state index contributed by atoms with van der Waals surface area (Å²) in [4.78, 5) is 35.2. The maximum absolute atomic E-state index is 13.1. The van der Waals surface area contributed by atoms with Crippen LogP contribution in [0, 0.1) is 11.8 Å². The zero-order valence-corrected chi connectivity index (χ0v) is 19.6. The minimum atomic E-state index is -2.03. The predicted octanol–water partition coefficient (Wildman–Crippen LogP) is 4.18. The van der Waals surface area contributed by atoms with Gasteiger partial charge in [-0.2, -0.15) is 5.01 Å². The van der Waals surface area contributed by atoms with Crippen molar-refractivity contribution in [3.05, 3.63) is 39.9 Å². The lowest BCUT2D eigenvalue weighted by Crippen LogP contribution is -2.54. The monoisotopic (exact) mass is 530 g/mol. The summed E-state index contributed by atoms with van der Waals surface area (Å²) in [7, 11) is 0. The lowest BCUT2D eigenvalue weighted by atomic mass is 9.84. The molecule has 0 radical (unpaired) electrons. The van der Waals surface area contributed by atoms with Crippen molar-refractivity contribution in [2.45, 2.75) is 21.0 Å². The number of alkyl halides is 4. The number of amides is 3. The zero-order chi connectivity index (χ0) is 22.2. The molecule has 6 nitrogen and oxygen atoms in total. The number of rotatable bonds is 4. The molecule has 2 bridgehead atoms. The van der Waals surface area contributed by atoms with Crippen LogP contribution in [0.25, 0.3) is 0 Å². The summed E-state index contributed by atoms with van der Waals surface area (Å²) >= 11 is 38.5. The van der Waals surface area contributed by atoms with Crippen LogP contribution in [0.5, 0.6) is 5.75 Å². The molecule has 2 fully saturated rings. The molecule has 2 aliphatic carbocycles. The molecule has 1 N–H and O–H groups in total. The van der Waals surface area contributed by atoms with Crippen LogP contribution in [0.15, 0.2) is 34.3 Å². The van der Waals surface area contributed by atoms with Crippen LogP contribution < -0.4 is 10.2 Å². The van der Waals surface area contributed by atoms with E-state index in [1.54, 1.807) is 25.1 Å². The second-order valence-corrected chi connectivity index (χ2v) is 10.2. The van der Waals surface area contributed by atoms with Crippen LogP contribution in [0.4, 0.5) is 0 Å². The van der Waals surface area contributed by atoms with Crippen LogP contribution in [-0.4, -0.2) is 43.4 Å². The van der Waals surface area contributed by atoms with Crippen molar-refractivity contribution in [3.63, 3.8) is 0 Å². The third-order valence-electron chi connectivity index (χ3n) is 5.55. The zero-order valence-electron chi connectivity index (χ0n) is 15.0. The second-order valence-electron chi connectivity index (χ2n) is 6.96. The summed E-state index contributed by atoms with van der Waals surface area (Å²) in [6, 6.07) is 6.36. The first-order chi connectivity index (χ1) is 14.0. The average Bonchev–Trinajstić information content (AvgIpc) is 3.07. The van der Waals surface area contributed by atoms with Gasteiger partial charge in [-0.25, -0.2) is 0 Å². The maximum atomic E-state index is 13.1. The van der Waals surface area contributed by atoms with Gasteiger partial charge < -0.3 is 4.74 Å². The molecule has 160 valence electrons. The van der Waals surface area contributed by atoms with Crippen LogP contribution >= 0.6 is 69.6 Å². The van der Waals surface area contributed by atoms with Gasteiger partial charge in [0, 0.05) is 0 Å². The molecule has 3 aliphatic rings. The Labute approximate surface area is 201 Å². The van der Waals surface area contributed by atoms with Crippen molar-refractivity contribution in [2.75, 3.05) is 6.61 Å². The van der Waals surface area contributed by atoms with Gasteiger partial charge in [-0.15, -0.1) is 23.2 Å². The van der Waals surface area contributed by atoms with Gasteiger partial charge in [0.15, 0.2) is 4.33 Å². The minimum Gasteiger partial charge on any atom is -0.493 e. The molecule has 12 heteroatoms. The molecule has 0 unspecified atom stereocenters. The fourth-order valence-electron chi connectivity index (χ4n) is 4.20. The van der Waals surface area contributed by atoms with Crippen LogP contribution in [0.3, 0.4) is 0 Å². The molecule has 1 saturated carbocycles. The first kappa shape index (κ1) is 22.3. The number of para-hydroxylation sites is 1. The van der Waals surface area contributed by atoms with Crippen LogP contribution in [0.1, 0.15) is 17.3 Å². The molecular formula is C18H12Cl6N2O4. The lowest BCUT2D eigenvalue weighted by Gasteiger charge is -2.34. The van der Waals surface area contributed by atoms with Gasteiger partial charge in [0.25, 0.3) is 17.7 Å². The van der Waals surface area contributed by atoms with E-state index in [-0.39, 0.29) is 21.4 Å². The first-order valence-electron chi connectivity index (χ1n) is 8.68. The van der Waals surface area contributed by atoms with E-state index >= 15 is 0 Å². The first-order valence-corrected chi connectivity index (χ1v) is 11.0. The van der Waals surface area contributed by atoms with E-state index in [1.165, 1.54) is 6.07 Å². The predicted molar refractivity (Wildman–Crippen MR) is 114 cm³/mol. The maximum Gasteiger partial charge on any atom is 0.274 e. The number of imide groups is 1. The molecule has 1 heterocycles. The highest BCUT2D eigenvalue weighted by Crippen LogP contribution is 2.77. The molecule has 1 saturated heterocycles. The Morgan fingerprint density at radius 3 is 2.03 bits per heavy atom. The quantitative estimate of drug-likeness (QED) is 0.466. The van der Waals surface area contributed by atoms with Gasteiger partial charge in [-0.05, 0) is 19.1 Å². The number of ether oxygens (including phenoxy) is 1. The molecule has 1 aromatic carbocycles. The third kappa shape index (κ3) is 2.44. The number of nitrogens with zero attached hydrogens (tertiary/aromatic N) is 1. The summed E-state index contributed by atoms with van der Waals surface area (Å²) in [6.07, 6.45) is 0. The highest BCUT2D eigenvalue weighted by atomic mass is 35.5. The lowest BCUT2D eigenvalue weighted by molar-refractivity contribution is -0.143. The molecule has 30 heavy (non-hydrogen) atoms. The number of halogens is 6. The third-order valence-corrected chi connectivity index (χ3v) is 9.81. The van der Waals surface area contributed by atoms with E-state index in [1.807, 2.05) is 0 Å². The van der Waals surface area contributed by atoms with E-state index in [0.29, 0.717) is 11.6 Å². The topological polar surface area (TPSA) is 75.7 Å². The number of fused-ring (bicyclic) bond motifs is 5. The number of carbonyl (C=O) groups excluding carboxylic acids is 3. The van der Waals surface area contributed by atoms with Gasteiger partial charge in [0.05, 0.1) is 34.1 Å². The van der Waals surface area contributed by atoms with Crippen molar-refractivity contribution < 1.29 is 19.1 Å². The molecule has 4 atom stereocenters. The molecule has 3 amide bonds. The number of benzene rings is 1. The summed E-state index contributed by atoms with van der Waals surface area (Å²) < 4.78 is 3.38. The molecular weight excluding hydrogens is 521 g/mol. The summed E-state index contributed by atoms with van der Waals surface area (Å²) in [5, 5.41) is 0.142. The Morgan fingerprint density at radius 2 is 1.53 bits per heavy atom. The van der Waals surface area contributed by atoms with E-state index in [2.05, 4.69) is 5.43 Å². The number of hydrogen-bond acceptors (Lipinski definition) is 4. The van der Waals surface area contributed by atoms with E-state index < -0.39 is 43.6 Å². The van der Waals surface area contributed by atoms with Gasteiger partial charge in [0.1, 0.15) is 15.5 Å². The Bertz CT molecular complexity index is 984. The summed E-state index contributed by atoms with van der Waals surface area (Å²) in [6.45, 7) is 2.07. The van der Waals surface area contributed by atoms with Gasteiger partial charge >= 0.3 is 0 Å². The van der Waals surface area contributed by atoms with Crippen molar-refractivity contribution in [1.82, 2.24) is 10.4 Å². The van der Waals surface area contributed by atoms with Crippen molar-refractivity contribution in [1.29, 1.82) is 0 Å². The van der Waals surface area contributed by atoms with Gasteiger partial charge in [-0.1, -0.05) is 58.5 Å². The number of allylic oxidation sites excluding steroid dienone is 2. The Balaban J connectivity index is 1.70. The fourth-order valence-corrected chi connectivity index (χ4v) is 7.13. The number of hydrogen-bond donors (Lipinski definition) is 1. The van der Waals surface area contributed by atoms with E-state index in [0.717, 1.165) is 0 Å². The van der Waals surface area contributed by atoms with Crippen molar-refractivity contribution >= 4 is 87.3 Å². The molecule has 1 aliphatic heterocycles. The standard InChI is InChI=1S/C18H12Cl6N2O4/c1-2-30-8-6-4-3-5-7(8)13(27)25-26-14(28)9-10(15(26)29)17(22)12(20)11(19)16(9,21)18(17,23)24/h3-6,9-10H,2H2,1H3,(H,25,27)/t9-,10-,16-,17-/m0/s1. The summed E-state index contributed by atoms with van der Waals surface area (Å²) in [5.41, 5.74) is 2.41. The van der Waals surface area contributed by atoms with E-state index in [9.17, 15) is 14.4 Å². The Kier molecular flexibility index (Phi) is 5.25.